The van der Waals surface area contributed by atoms with E-state index in [4.69, 9.17) is 10.6 Å². The molecule has 0 unspecified atom stereocenters. The average molecular weight is 213 g/mol. The van der Waals surface area contributed by atoms with Crippen molar-refractivity contribution >= 4 is 11.3 Å². The van der Waals surface area contributed by atoms with Gasteiger partial charge in [-0.15, -0.1) is 11.3 Å². The van der Waals surface area contributed by atoms with Crippen LogP contribution in [0.4, 0.5) is 0 Å². The third-order valence-corrected chi connectivity index (χ3v) is 3.33. The predicted molar refractivity (Wildman–Crippen MR) is 55.9 cm³/mol. The van der Waals surface area contributed by atoms with Gasteiger partial charge in [0.1, 0.15) is 5.01 Å². The lowest BCUT2D eigenvalue weighted by Gasteiger charge is -2.19. The number of nitrogens with two attached hydrogens (primary N) is 1. The Morgan fingerprint density at radius 3 is 3.07 bits per heavy atom. The van der Waals surface area contributed by atoms with Gasteiger partial charge in [-0.3, -0.25) is 11.3 Å². The van der Waals surface area contributed by atoms with Crippen LogP contribution >= 0.6 is 11.3 Å². The maximum absolute atomic E-state index is 5.32. The largest absolute Gasteiger partial charge is 0.381 e. The van der Waals surface area contributed by atoms with Crippen LogP contribution < -0.4 is 11.3 Å². The fourth-order valence-corrected chi connectivity index (χ4v) is 2.50. The minimum atomic E-state index is 0.589. The van der Waals surface area contributed by atoms with Crippen LogP contribution in [-0.4, -0.2) is 18.2 Å². The third-order valence-electron chi connectivity index (χ3n) is 2.46. The molecule has 0 aromatic carbocycles. The van der Waals surface area contributed by atoms with Crippen molar-refractivity contribution in [3.63, 3.8) is 0 Å². The lowest BCUT2D eigenvalue weighted by molar-refractivity contribution is 0.0846. The normalized spacial score (nSPS) is 18.6. The topological polar surface area (TPSA) is 60.2 Å². The van der Waals surface area contributed by atoms with Gasteiger partial charge in [-0.05, 0) is 12.8 Å². The Labute approximate surface area is 87.4 Å². The van der Waals surface area contributed by atoms with Crippen LogP contribution in [0.15, 0.2) is 5.38 Å². The van der Waals surface area contributed by atoms with Gasteiger partial charge in [-0.1, -0.05) is 0 Å². The molecule has 0 saturated carbocycles. The van der Waals surface area contributed by atoms with Crippen molar-refractivity contribution in [2.24, 2.45) is 5.84 Å². The van der Waals surface area contributed by atoms with Gasteiger partial charge in [0.05, 0.1) is 12.2 Å². The first kappa shape index (κ1) is 10.0. The van der Waals surface area contributed by atoms with E-state index in [0.717, 1.165) is 31.1 Å². The molecule has 1 saturated heterocycles. The van der Waals surface area contributed by atoms with E-state index in [1.807, 2.05) is 0 Å². The monoisotopic (exact) mass is 213 g/mol. The fraction of sp³-hybridized carbons (Fsp3) is 0.667. The van der Waals surface area contributed by atoms with E-state index in [2.05, 4.69) is 15.8 Å². The maximum Gasteiger partial charge on any atom is 0.108 e. The van der Waals surface area contributed by atoms with Crippen LogP contribution in [0.3, 0.4) is 0 Å². The molecule has 0 radical (unpaired) electrons. The van der Waals surface area contributed by atoms with Crippen molar-refractivity contribution in [1.29, 1.82) is 0 Å². The highest BCUT2D eigenvalue weighted by atomic mass is 32.1. The minimum Gasteiger partial charge on any atom is -0.381 e. The number of rotatable bonds is 3. The summed E-state index contributed by atoms with van der Waals surface area (Å²) in [4.78, 5) is 4.54. The van der Waals surface area contributed by atoms with Gasteiger partial charge in [0, 0.05) is 24.5 Å². The first-order valence-electron chi connectivity index (χ1n) is 4.85. The quantitative estimate of drug-likeness (QED) is 0.581. The number of hydrogen-bond donors (Lipinski definition) is 2. The number of hydrogen-bond acceptors (Lipinski definition) is 5. The van der Waals surface area contributed by atoms with E-state index in [9.17, 15) is 0 Å². The molecule has 0 bridgehead atoms. The van der Waals surface area contributed by atoms with E-state index < -0.39 is 0 Å². The summed E-state index contributed by atoms with van der Waals surface area (Å²) in [6.07, 6.45) is 2.19. The van der Waals surface area contributed by atoms with Crippen LogP contribution in [0.1, 0.15) is 29.5 Å². The lowest BCUT2D eigenvalue weighted by Crippen LogP contribution is -2.20. The molecule has 1 fully saturated rings. The second kappa shape index (κ2) is 4.84. The lowest BCUT2D eigenvalue weighted by atomic mass is 9.98. The zero-order valence-electron chi connectivity index (χ0n) is 8.03. The first-order chi connectivity index (χ1) is 6.90. The Bertz CT molecular complexity index is 283. The Hall–Kier alpha value is -0.490. The molecule has 0 spiro atoms. The molecule has 1 aromatic heterocycles. The predicted octanol–water partition coefficient (Wildman–Crippen LogP) is 1.00. The highest BCUT2D eigenvalue weighted by molar-refractivity contribution is 7.09. The van der Waals surface area contributed by atoms with Crippen LogP contribution in [0.25, 0.3) is 0 Å². The molecule has 2 rings (SSSR count). The maximum atomic E-state index is 5.32. The van der Waals surface area contributed by atoms with E-state index in [-0.39, 0.29) is 0 Å². The zero-order valence-corrected chi connectivity index (χ0v) is 8.85. The molecule has 1 aliphatic heterocycles. The number of ether oxygens (including phenoxy) is 1. The molecule has 4 nitrogen and oxygen atoms in total. The van der Waals surface area contributed by atoms with Crippen molar-refractivity contribution in [3.8, 4) is 0 Å². The highest BCUT2D eigenvalue weighted by Gasteiger charge is 2.18. The molecule has 78 valence electrons. The SMILES string of the molecule is NNCc1nc(C2CCOCC2)cs1. The summed E-state index contributed by atoms with van der Waals surface area (Å²) in [7, 11) is 0. The second-order valence-electron chi connectivity index (χ2n) is 3.43. The molecule has 2 heterocycles. The van der Waals surface area contributed by atoms with Crippen molar-refractivity contribution in [3.05, 3.63) is 16.1 Å². The summed E-state index contributed by atoms with van der Waals surface area (Å²) in [5.41, 5.74) is 3.84. The van der Waals surface area contributed by atoms with Crippen molar-refractivity contribution in [1.82, 2.24) is 10.4 Å². The standard InChI is InChI=1S/C9H15N3OS/c10-11-5-9-12-8(6-14-9)7-1-3-13-4-2-7/h6-7,11H,1-5,10H2. The number of thiazole rings is 1. The fourth-order valence-electron chi connectivity index (χ4n) is 1.67. The molecule has 1 aliphatic rings. The summed E-state index contributed by atoms with van der Waals surface area (Å²) in [5.74, 6) is 5.83. The van der Waals surface area contributed by atoms with Gasteiger partial charge >= 0.3 is 0 Å². The molecular weight excluding hydrogens is 198 g/mol. The van der Waals surface area contributed by atoms with E-state index in [1.54, 1.807) is 11.3 Å². The zero-order chi connectivity index (χ0) is 9.80. The summed E-state index contributed by atoms with van der Waals surface area (Å²) >= 11 is 1.67. The van der Waals surface area contributed by atoms with Crippen LogP contribution in [-0.2, 0) is 11.3 Å². The molecule has 14 heavy (non-hydrogen) atoms. The summed E-state index contributed by atoms with van der Waals surface area (Å²) in [5, 5.41) is 3.21. The van der Waals surface area contributed by atoms with Crippen molar-refractivity contribution < 1.29 is 4.74 Å². The molecule has 0 amide bonds. The number of nitrogens with one attached hydrogen (secondary N) is 1. The number of hydrazine groups is 1. The molecule has 5 heteroatoms. The molecule has 3 N–H and O–H groups in total. The van der Waals surface area contributed by atoms with Gasteiger partial charge < -0.3 is 4.74 Å². The molecular formula is C9H15N3OS. The van der Waals surface area contributed by atoms with Gasteiger partial charge in [0.15, 0.2) is 0 Å². The smallest absolute Gasteiger partial charge is 0.108 e. The van der Waals surface area contributed by atoms with Crippen LogP contribution in [0.2, 0.25) is 0 Å². The molecule has 0 aliphatic carbocycles. The third kappa shape index (κ3) is 2.30. The van der Waals surface area contributed by atoms with Crippen molar-refractivity contribution in [2.75, 3.05) is 13.2 Å². The Morgan fingerprint density at radius 2 is 2.36 bits per heavy atom. The Morgan fingerprint density at radius 1 is 1.57 bits per heavy atom. The van der Waals surface area contributed by atoms with E-state index in [0.29, 0.717) is 12.5 Å². The molecule has 0 atom stereocenters. The summed E-state index contributed by atoms with van der Waals surface area (Å²) in [6, 6.07) is 0. The average Bonchev–Trinajstić information content (AvgIpc) is 2.68. The highest BCUT2D eigenvalue weighted by Crippen LogP contribution is 2.27. The molecule has 1 aromatic rings. The van der Waals surface area contributed by atoms with Gasteiger partial charge in [-0.2, -0.15) is 0 Å². The van der Waals surface area contributed by atoms with E-state index >= 15 is 0 Å². The Kier molecular flexibility index (Phi) is 3.47. The van der Waals surface area contributed by atoms with Crippen molar-refractivity contribution in [2.45, 2.75) is 25.3 Å². The first-order valence-corrected chi connectivity index (χ1v) is 5.73. The van der Waals surface area contributed by atoms with Gasteiger partial charge in [0.25, 0.3) is 0 Å². The van der Waals surface area contributed by atoms with Crippen LogP contribution in [0.5, 0.6) is 0 Å². The summed E-state index contributed by atoms with van der Waals surface area (Å²) in [6.45, 7) is 2.40. The number of aromatic nitrogens is 1. The summed E-state index contributed by atoms with van der Waals surface area (Å²) < 4.78 is 5.32. The van der Waals surface area contributed by atoms with Crippen LogP contribution in [0, 0.1) is 0 Å². The Balaban J connectivity index is 2.00. The van der Waals surface area contributed by atoms with Gasteiger partial charge in [-0.25, -0.2) is 4.98 Å². The second-order valence-corrected chi connectivity index (χ2v) is 4.38. The number of nitrogens with zero attached hydrogens (tertiary/aromatic N) is 1. The minimum absolute atomic E-state index is 0.589. The van der Waals surface area contributed by atoms with Gasteiger partial charge in [0.2, 0.25) is 0 Å². The van der Waals surface area contributed by atoms with E-state index in [1.165, 1.54) is 5.69 Å².